The Balaban J connectivity index is 1.85. The minimum atomic E-state index is -0.198. The molecule has 0 saturated carbocycles. The molecule has 2 N–H and O–H groups in total. The average molecular weight is 352 g/mol. The summed E-state index contributed by atoms with van der Waals surface area (Å²) in [6.45, 7) is 0. The number of aromatic nitrogens is 2. The third-order valence-corrected chi connectivity index (χ3v) is 4.16. The van der Waals surface area contributed by atoms with E-state index in [-0.39, 0.29) is 11.1 Å². The van der Waals surface area contributed by atoms with Crippen LogP contribution in [0.2, 0.25) is 0 Å². The fourth-order valence-corrected chi connectivity index (χ4v) is 2.77. The zero-order valence-electron chi connectivity index (χ0n) is 10.5. The van der Waals surface area contributed by atoms with Crippen molar-refractivity contribution in [2.75, 3.05) is 0 Å². The first-order valence-electron chi connectivity index (χ1n) is 6.22. The molecule has 3 nitrogen and oxygen atoms in total. The number of benzene rings is 2. The Bertz CT molecular complexity index is 791. The molecule has 0 radical (unpaired) electrons. The second-order valence-corrected chi connectivity index (χ2v) is 6.12. The van der Waals surface area contributed by atoms with Crippen molar-refractivity contribution in [2.45, 2.75) is 11.8 Å². The molecular formula is C15H12BrClN2O. The highest BCUT2D eigenvalue weighted by Crippen LogP contribution is 2.27. The molecule has 0 aliphatic carbocycles. The van der Waals surface area contributed by atoms with Gasteiger partial charge in [0.1, 0.15) is 0 Å². The second kappa shape index (κ2) is 5.46. The lowest BCUT2D eigenvalue weighted by atomic mass is 10.0. The minimum absolute atomic E-state index is 0.126. The van der Waals surface area contributed by atoms with Gasteiger partial charge in [-0.3, -0.25) is 0 Å². The maximum atomic E-state index is 11.2. The molecule has 3 rings (SSSR count). The highest BCUT2D eigenvalue weighted by molar-refractivity contribution is 9.10. The summed E-state index contributed by atoms with van der Waals surface area (Å²) in [6.07, 6.45) is 0.745. The van der Waals surface area contributed by atoms with Crippen LogP contribution in [-0.2, 0) is 6.42 Å². The van der Waals surface area contributed by atoms with Gasteiger partial charge < -0.3 is 9.97 Å². The molecule has 0 bridgehead atoms. The molecule has 1 atom stereocenters. The lowest BCUT2D eigenvalue weighted by Gasteiger charge is -2.10. The number of fused-ring (bicyclic) bond motifs is 1. The van der Waals surface area contributed by atoms with Crippen molar-refractivity contribution in [1.29, 1.82) is 0 Å². The van der Waals surface area contributed by atoms with Crippen LogP contribution in [0.3, 0.4) is 0 Å². The van der Waals surface area contributed by atoms with E-state index in [2.05, 4.69) is 38.0 Å². The number of alkyl halides is 1. The molecule has 102 valence electrons. The summed E-state index contributed by atoms with van der Waals surface area (Å²) >= 11 is 9.89. The van der Waals surface area contributed by atoms with E-state index in [4.69, 9.17) is 11.6 Å². The third-order valence-electron chi connectivity index (χ3n) is 3.23. The van der Waals surface area contributed by atoms with Gasteiger partial charge in [-0.15, -0.1) is 11.6 Å². The molecule has 1 aromatic heterocycles. The largest absolute Gasteiger partial charge is 0.323 e. The predicted molar refractivity (Wildman–Crippen MR) is 85.4 cm³/mol. The molecule has 2 aromatic carbocycles. The van der Waals surface area contributed by atoms with Crippen molar-refractivity contribution in [3.8, 4) is 0 Å². The molecule has 1 unspecified atom stereocenters. The molecule has 0 aliphatic heterocycles. The van der Waals surface area contributed by atoms with E-state index in [1.54, 1.807) is 0 Å². The van der Waals surface area contributed by atoms with Gasteiger partial charge >= 0.3 is 5.69 Å². The van der Waals surface area contributed by atoms with E-state index in [9.17, 15) is 4.79 Å². The normalized spacial score (nSPS) is 12.7. The van der Waals surface area contributed by atoms with Crippen molar-refractivity contribution in [3.63, 3.8) is 0 Å². The monoisotopic (exact) mass is 350 g/mol. The number of imidazole rings is 1. The summed E-state index contributed by atoms with van der Waals surface area (Å²) in [5.74, 6) is 0. The van der Waals surface area contributed by atoms with Crippen LogP contribution in [-0.4, -0.2) is 9.97 Å². The summed E-state index contributed by atoms with van der Waals surface area (Å²) in [6, 6.07) is 13.9. The van der Waals surface area contributed by atoms with Gasteiger partial charge in [-0.25, -0.2) is 4.79 Å². The first-order valence-corrected chi connectivity index (χ1v) is 7.45. The van der Waals surface area contributed by atoms with E-state index < -0.39 is 0 Å². The van der Waals surface area contributed by atoms with E-state index in [0.717, 1.165) is 27.5 Å². The molecule has 0 aliphatic rings. The van der Waals surface area contributed by atoms with Crippen LogP contribution < -0.4 is 5.69 Å². The Labute approximate surface area is 129 Å². The van der Waals surface area contributed by atoms with E-state index >= 15 is 0 Å². The number of rotatable bonds is 3. The van der Waals surface area contributed by atoms with Crippen LogP contribution in [0.15, 0.2) is 51.7 Å². The number of nitrogens with one attached hydrogen (secondary N) is 2. The first-order chi connectivity index (χ1) is 9.61. The van der Waals surface area contributed by atoms with E-state index in [1.165, 1.54) is 5.56 Å². The number of hydrogen-bond acceptors (Lipinski definition) is 1. The summed E-state index contributed by atoms with van der Waals surface area (Å²) in [4.78, 5) is 16.7. The average Bonchev–Trinajstić information content (AvgIpc) is 2.80. The molecule has 20 heavy (non-hydrogen) atoms. The Morgan fingerprint density at radius 3 is 2.50 bits per heavy atom. The Morgan fingerprint density at radius 2 is 1.75 bits per heavy atom. The minimum Gasteiger partial charge on any atom is -0.306 e. The topological polar surface area (TPSA) is 48.6 Å². The van der Waals surface area contributed by atoms with Crippen LogP contribution in [0.5, 0.6) is 0 Å². The zero-order valence-corrected chi connectivity index (χ0v) is 12.8. The standard InChI is InChI=1S/C15H12BrClN2O/c16-11-4-1-9(2-5-11)7-12(17)10-3-6-13-14(8-10)19-15(20)18-13/h1-6,8,12H,7H2,(H2,18,19,20). The van der Waals surface area contributed by atoms with Crippen LogP contribution in [0.4, 0.5) is 0 Å². The number of hydrogen-bond donors (Lipinski definition) is 2. The third kappa shape index (κ3) is 2.81. The van der Waals surface area contributed by atoms with E-state index in [1.807, 2.05) is 30.3 Å². The van der Waals surface area contributed by atoms with Gasteiger partial charge in [-0.05, 0) is 41.8 Å². The predicted octanol–water partition coefficient (Wildman–Crippen LogP) is 4.14. The summed E-state index contributed by atoms with van der Waals surface area (Å²) < 4.78 is 1.05. The molecular weight excluding hydrogens is 340 g/mol. The molecule has 0 fully saturated rings. The highest BCUT2D eigenvalue weighted by Gasteiger charge is 2.10. The fraction of sp³-hybridized carbons (Fsp3) is 0.133. The van der Waals surface area contributed by atoms with Gasteiger partial charge in [-0.2, -0.15) is 0 Å². The van der Waals surface area contributed by atoms with Crippen molar-refractivity contribution in [1.82, 2.24) is 9.97 Å². The fourth-order valence-electron chi connectivity index (χ4n) is 2.19. The number of H-pyrrole nitrogens is 2. The summed E-state index contributed by atoms with van der Waals surface area (Å²) in [7, 11) is 0. The quantitative estimate of drug-likeness (QED) is 0.685. The van der Waals surface area contributed by atoms with Crippen LogP contribution in [0.1, 0.15) is 16.5 Å². The lowest BCUT2D eigenvalue weighted by Crippen LogP contribution is -1.99. The Morgan fingerprint density at radius 1 is 1.05 bits per heavy atom. The second-order valence-electron chi connectivity index (χ2n) is 4.68. The molecule has 1 heterocycles. The molecule has 0 saturated heterocycles. The molecule has 0 amide bonds. The molecule has 5 heteroatoms. The van der Waals surface area contributed by atoms with Gasteiger partial charge in [0, 0.05) is 4.47 Å². The van der Waals surface area contributed by atoms with Crippen LogP contribution in [0, 0.1) is 0 Å². The maximum Gasteiger partial charge on any atom is 0.323 e. The van der Waals surface area contributed by atoms with Gasteiger partial charge in [0.25, 0.3) is 0 Å². The SMILES string of the molecule is O=c1[nH]c2ccc(C(Cl)Cc3ccc(Br)cc3)cc2[nH]1. The molecule has 0 spiro atoms. The summed E-state index contributed by atoms with van der Waals surface area (Å²) in [5, 5.41) is -0.126. The van der Waals surface area contributed by atoms with E-state index in [0.29, 0.717) is 0 Å². The van der Waals surface area contributed by atoms with Crippen molar-refractivity contribution < 1.29 is 0 Å². The Hall–Kier alpha value is -1.52. The van der Waals surface area contributed by atoms with Crippen molar-refractivity contribution >= 4 is 38.6 Å². The van der Waals surface area contributed by atoms with Crippen molar-refractivity contribution in [3.05, 3.63) is 68.5 Å². The van der Waals surface area contributed by atoms with Gasteiger partial charge in [0.15, 0.2) is 0 Å². The maximum absolute atomic E-state index is 11.2. The van der Waals surface area contributed by atoms with Gasteiger partial charge in [0.05, 0.1) is 16.4 Å². The highest BCUT2D eigenvalue weighted by atomic mass is 79.9. The lowest BCUT2D eigenvalue weighted by molar-refractivity contribution is 0.921. The van der Waals surface area contributed by atoms with Gasteiger partial charge in [-0.1, -0.05) is 34.1 Å². The number of aromatic amines is 2. The van der Waals surface area contributed by atoms with Crippen LogP contribution >= 0.6 is 27.5 Å². The zero-order chi connectivity index (χ0) is 14.1. The smallest absolute Gasteiger partial charge is 0.306 e. The first kappa shape index (κ1) is 13.5. The van der Waals surface area contributed by atoms with Crippen molar-refractivity contribution in [2.24, 2.45) is 0 Å². The summed E-state index contributed by atoms with van der Waals surface area (Å²) in [5.41, 5.74) is 3.56. The van der Waals surface area contributed by atoms with Gasteiger partial charge in [0.2, 0.25) is 0 Å². The number of halogens is 2. The van der Waals surface area contributed by atoms with Crippen LogP contribution in [0.25, 0.3) is 11.0 Å². The molecule has 3 aromatic rings. The Kier molecular flexibility index (Phi) is 3.68.